The summed E-state index contributed by atoms with van der Waals surface area (Å²) in [5, 5.41) is 9.23. The minimum Gasteiger partial charge on any atom is -0.495 e. The Labute approximate surface area is 98.3 Å². The molecule has 6 nitrogen and oxygen atoms in total. The molecule has 0 N–H and O–H groups in total. The molecule has 0 fully saturated rings. The van der Waals surface area contributed by atoms with E-state index in [1.807, 2.05) is 0 Å². The van der Waals surface area contributed by atoms with Crippen LogP contribution < -0.4 is 4.74 Å². The van der Waals surface area contributed by atoms with Gasteiger partial charge in [-0.2, -0.15) is 0 Å². The van der Waals surface area contributed by atoms with Crippen LogP contribution in [0.4, 0.5) is 14.6 Å². The van der Waals surface area contributed by atoms with E-state index in [2.05, 4.69) is 9.72 Å². The molecule has 1 aromatic rings. The average Bonchev–Trinajstić information content (AvgIpc) is 2.26. The van der Waals surface area contributed by atoms with Gasteiger partial charge in [0.2, 0.25) is 5.69 Å². The van der Waals surface area contributed by atoms with Gasteiger partial charge in [0.15, 0.2) is 0 Å². The van der Waals surface area contributed by atoms with Crippen molar-refractivity contribution in [1.82, 2.24) is 4.98 Å². The number of nitro groups is 1. The number of pyridine rings is 1. The van der Waals surface area contributed by atoms with E-state index in [-0.39, 0.29) is 0 Å². The maximum Gasteiger partial charge on any atom is 0.367 e. The van der Waals surface area contributed by atoms with Crippen LogP contribution in [0.5, 0.6) is 5.75 Å². The number of carbonyl (C=O) groups is 1. The first-order valence-corrected chi connectivity index (χ1v) is 4.47. The van der Waals surface area contributed by atoms with Gasteiger partial charge in [-0.15, -0.1) is 0 Å². The average molecular weight is 267 g/mol. The van der Waals surface area contributed by atoms with Crippen molar-refractivity contribution < 1.29 is 23.2 Å². The van der Waals surface area contributed by atoms with E-state index in [1.54, 1.807) is 0 Å². The molecule has 0 unspecified atom stereocenters. The molecule has 0 aliphatic rings. The van der Waals surface area contributed by atoms with Crippen LogP contribution >= 0.6 is 11.6 Å². The Hall–Kier alpha value is -1.83. The maximum absolute atomic E-state index is 12.6. The van der Waals surface area contributed by atoms with E-state index >= 15 is 0 Å². The maximum atomic E-state index is 12.6. The standard InChI is InChI=1S/C8H5ClF2N2O4/c1-17-3-2-4(13(15)16)12-6(8(10)11)5(3)7(9)14/h2,8H,1H3. The molecular weight excluding hydrogens is 262 g/mol. The highest BCUT2D eigenvalue weighted by molar-refractivity contribution is 6.68. The van der Waals surface area contributed by atoms with Crippen molar-refractivity contribution in [3.63, 3.8) is 0 Å². The highest BCUT2D eigenvalue weighted by atomic mass is 35.5. The van der Waals surface area contributed by atoms with Crippen LogP contribution in [0.25, 0.3) is 0 Å². The van der Waals surface area contributed by atoms with Crippen molar-refractivity contribution in [2.75, 3.05) is 7.11 Å². The lowest BCUT2D eigenvalue weighted by molar-refractivity contribution is -0.389. The van der Waals surface area contributed by atoms with Gasteiger partial charge < -0.3 is 14.9 Å². The molecule has 1 aromatic heterocycles. The van der Waals surface area contributed by atoms with Crippen LogP contribution in [0.2, 0.25) is 0 Å². The van der Waals surface area contributed by atoms with E-state index in [0.717, 1.165) is 13.2 Å². The molecule has 0 aliphatic heterocycles. The Bertz CT molecular complexity index is 481. The van der Waals surface area contributed by atoms with E-state index < -0.39 is 39.4 Å². The molecule has 1 heterocycles. The first kappa shape index (κ1) is 13.2. The minimum atomic E-state index is -3.18. The smallest absolute Gasteiger partial charge is 0.367 e. The Morgan fingerprint density at radius 3 is 2.59 bits per heavy atom. The number of rotatable bonds is 4. The third-order valence-corrected chi connectivity index (χ3v) is 2.00. The van der Waals surface area contributed by atoms with Crippen LogP contribution in [0.15, 0.2) is 6.07 Å². The fourth-order valence-electron chi connectivity index (χ4n) is 1.14. The lowest BCUT2D eigenvalue weighted by Crippen LogP contribution is -2.07. The van der Waals surface area contributed by atoms with E-state index in [0.29, 0.717) is 0 Å². The summed E-state index contributed by atoms with van der Waals surface area (Å²) in [6, 6.07) is 0.751. The summed E-state index contributed by atoms with van der Waals surface area (Å²) in [6.45, 7) is 0. The molecule has 9 heteroatoms. The summed E-state index contributed by atoms with van der Waals surface area (Å²) >= 11 is 5.11. The number of methoxy groups -OCH3 is 1. The molecule has 0 saturated heterocycles. The predicted octanol–water partition coefficient (Wildman–Crippen LogP) is 2.32. The van der Waals surface area contributed by atoms with Gasteiger partial charge in [0, 0.05) is 0 Å². The summed E-state index contributed by atoms with van der Waals surface area (Å²) in [5.41, 5.74) is -1.74. The van der Waals surface area contributed by atoms with Crippen molar-refractivity contribution >= 4 is 22.7 Å². The molecule has 0 atom stereocenters. The lowest BCUT2D eigenvalue weighted by atomic mass is 10.2. The minimum absolute atomic E-state index is 0.415. The van der Waals surface area contributed by atoms with Crippen molar-refractivity contribution in [3.05, 3.63) is 27.4 Å². The lowest BCUT2D eigenvalue weighted by Gasteiger charge is -2.06. The second-order valence-electron chi connectivity index (χ2n) is 2.77. The quantitative estimate of drug-likeness (QED) is 0.474. The number of halogens is 3. The Morgan fingerprint density at radius 2 is 2.24 bits per heavy atom. The molecule has 0 saturated carbocycles. The van der Waals surface area contributed by atoms with Crippen LogP contribution in [-0.4, -0.2) is 22.3 Å². The van der Waals surface area contributed by atoms with Gasteiger partial charge in [0.1, 0.15) is 11.3 Å². The normalized spacial score (nSPS) is 10.4. The number of alkyl halides is 2. The molecule has 1 rings (SSSR count). The summed E-state index contributed by atoms with van der Waals surface area (Å²) in [5.74, 6) is -1.26. The molecule has 0 amide bonds. The number of hydrogen-bond donors (Lipinski definition) is 0. The van der Waals surface area contributed by atoms with Crippen LogP contribution in [0.1, 0.15) is 22.5 Å². The molecule has 0 aromatic carbocycles. The van der Waals surface area contributed by atoms with Crippen LogP contribution in [0.3, 0.4) is 0 Å². The fourth-order valence-corrected chi connectivity index (χ4v) is 1.33. The van der Waals surface area contributed by atoms with Gasteiger partial charge in [-0.1, -0.05) is 0 Å². The zero-order valence-electron chi connectivity index (χ0n) is 8.32. The molecule has 0 radical (unpaired) electrons. The van der Waals surface area contributed by atoms with Crippen LogP contribution in [0, 0.1) is 10.1 Å². The summed E-state index contributed by atoms with van der Waals surface area (Å²) in [6.07, 6.45) is -3.18. The third-order valence-electron chi connectivity index (χ3n) is 1.81. The van der Waals surface area contributed by atoms with Gasteiger partial charge >= 0.3 is 12.2 Å². The first-order chi connectivity index (χ1) is 7.88. The third kappa shape index (κ3) is 2.64. The van der Waals surface area contributed by atoms with Gasteiger partial charge in [-0.25, -0.2) is 8.78 Å². The molecule has 17 heavy (non-hydrogen) atoms. The Morgan fingerprint density at radius 1 is 1.65 bits per heavy atom. The van der Waals surface area contributed by atoms with E-state index in [9.17, 15) is 23.7 Å². The fraction of sp³-hybridized carbons (Fsp3) is 0.250. The van der Waals surface area contributed by atoms with Crippen molar-refractivity contribution in [2.45, 2.75) is 6.43 Å². The van der Waals surface area contributed by atoms with E-state index in [4.69, 9.17) is 11.6 Å². The number of carbonyl (C=O) groups excluding carboxylic acids is 1. The largest absolute Gasteiger partial charge is 0.495 e. The number of nitrogens with zero attached hydrogens (tertiary/aromatic N) is 2. The molecule has 92 valence electrons. The zero-order chi connectivity index (χ0) is 13.2. The summed E-state index contributed by atoms with van der Waals surface area (Å²) in [7, 11) is 1.07. The molecule has 0 bridgehead atoms. The molecule has 0 aliphatic carbocycles. The highest BCUT2D eigenvalue weighted by Gasteiger charge is 2.31. The Kier molecular flexibility index (Phi) is 3.89. The first-order valence-electron chi connectivity index (χ1n) is 4.09. The van der Waals surface area contributed by atoms with Gasteiger partial charge in [-0.05, 0) is 21.5 Å². The van der Waals surface area contributed by atoms with Crippen LogP contribution in [-0.2, 0) is 0 Å². The second-order valence-corrected chi connectivity index (χ2v) is 3.12. The van der Waals surface area contributed by atoms with Gasteiger partial charge in [0.05, 0.1) is 13.2 Å². The highest BCUT2D eigenvalue weighted by Crippen LogP contribution is 2.32. The van der Waals surface area contributed by atoms with Crippen molar-refractivity contribution in [3.8, 4) is 5.75 Å². The summed E-state index contributed by atoms with van der Waals surface area (Å²) < 4.78 is 29.8. The number of ether oxygens (including phenoxy) is 1. The predicted molar refractivity (Wildman–Crippen MR) is 52.6 cm³/mol. The van der Waals surface area contributed by atoms with Gasteiger partial charge in [0.25, 0.3) is 5.24 Å². The second kappa shape index (κ2) is 5.00. The molecule has 0 spiro atoms. The van der Waals surface area contributed by atoms with E-state index in [1.165, 1.54) is 0 Å². The van der Waals surface area contributed by atoms with Crippen molar-refractivity contribution in [2.24, 2.45) is 0 Å². The SMILES string of the molecule is COc1cc([N+](=O)[O-])nc(C(F)F)c1C(=O)Cl. The monoisotopic (exact) mass is 266 g/mol. The number of hydrogen-bond acceptors (Lipinski definition) is 5. The van der Waals surface area contributed by atoms with Crippen molar-refractivity contribution in [1.29, 1.82) is 0 Å². The Balaban J connectivity index is 3.57. The zero-order valence-corrected chi connectivity index (χ0v) is 9.07. The molecular formula is C8H5ClF2N2O4. The van der Waals surface area contributed by atoms with Gasteiger partial charge in [-0.3, -0.25) is 4.79 Å². The summed E-state index contributed by atoms with van der Waals surface area (Å²) in [4.78, 5) is 23.5. The number of aromatic nitrogens is 1. The topological polar surface area (TPSA) is 82.3 Å².